The Morgan fingerprint density at radius 3 is 0.966 bits per heavy atom. The molecule has 0 amide bonds. The third kappa shape index (κ3) is 72.5. The van der Waals surface area contributed by atoms with Gasteiger partial charge >= 0.3 is 11.9 Å². The van der Waals surface area contributed by atoms with Crippen molar-refractivity contribution in [2.75, 3.05) is 47.5 Å². The molecule has 9 nitrogen and oxygen atoms in total. The highest BCUT2D eigenvalue weighted by Crippen LogP contribution is 2.38. The van der Waals surface area contributed by atoms with Crippen LogP contribution in [-0.2, 0) is 32.7 Å². The highest BCUT2D eigenvalue weighted by Gasteiger charge is 2.22. The second-order valence-electron chi connectivity index (χ2n) is 26.6. The van der Waals surface area contributed by atoms with Gasteiger partial charge in [-0.15, -0.1) is 0 Å². The van der Waals surface area contributed by atoms with Crippen molar-refractivity contribution in [2.45, 2.75) is 367 Å². The summed E-state index contributed by atoms with van der Waals surface area (Å²) in [6.45, 7) is 4.18. The van der Waals surface area contributed by atoms with Gasteiger partial charge in [0.05, 0.1) is 27.7 Å². The lowest BCUT2D eigenvalue weighted by Gasteiger charge is -2.28. The lowest BCUT2D eigenvalue weighted by Crippen LogP contribution is -2.37. The second kappa shape index (κ2) is 68.8. The van der Waals surface area contributed by atoms with Crippen molar-refractivity contribution in [1.82, 2.24) is 0 Å². The number of esters is 2. The van der Waals surface area contributed by atoms with E-state index in [1.165, 1.54) is 263 Å². The normalized spacial score (nSPS) is 13.5. The number of phosphoric ester groups is 1. The highest BCUT2D eigenvalue weighted by molar-refractivity contribution is 7.45. The summed E-state index contributed by atoms with van der Waals surface area (Å²) >= 11 is 0. The van der Waals surface area contributed by atoms with Gasteiger partial charge in [-0.3, -0.25) is 14.2 Å². The lowest BCUT2D eigenvalue weighted by molar-refractivity contribution is -0.870. The molecule has 0 bridgehead atoms. The number of ether oxygens (including phenoxy) is 2. The van der Waals surface area contributed by atoms with Gasteiger partial charge in [0.25, 0.3) is 7.82 Å². The van der Waals surface area contributed by atoms with Gasteiger partial charge in [-0.2, -0.15) is 0 Å². The minimum Gasteiger partial charge on any atom is -0.756 e. The molecule has 0 aliphatic rings. The van der Waals surface area contributed by atoms with Crippen LogP contribution in [0.2, 0.25) is 0 Å². The molecular formula is C78H144NO8P. The number of nitrogens with zero attached hydrogens (tertiary/aromatic N) is 1. The third-order valence-electron chi connectivity index (χ3n) is 16.7. The molecule has 0 aromatic rings. The summed E-state index contributed by atoms with van der Waals surface area (Å²) < 4.78 is 34.4. The van der Waals surface area contributed by atoms with Crippen molar-refractivity contribution in [3.63, 3.8) is 0 Å². The maximum Gasteiger partial charge on any atom is 0.306 e. The summed E-state index contributed by atoms with van der Waals surface area (Å²) in [5.74, 6) is -0.814. The number of carbonyl (C=O) groups is 2. The molecule has 0 rings (SSSR count). The summed E-state index contributed by atoms with van der Waals surface area (Å²) in [6.07, 6.45) is 92.9. The van der Waals surface area contributed by atoms with Crippen LogP contribution in [0.1, 0.15) is 361 Å². The standard InChI is InChI=1S/C78H144NO8P/c1-6-8-10-12-14-16-18-20-22-24-26-28-30-32-34-36-37-38-39-40-41-43-45-47-49-51-53-55-57-59-61-63-65-67-69-71-78(81)87-76(75-86-88(82,83)85-73-72-79(3,4)5)74-84-77(80)70-68-66-64-62-60-58-56-54-52-50-48-46-44-42-35-33-31-29-27-25-23-21-19-17-15-13-11-9-7-2/h8,10,14,16,19-22,25-28,76H,6-7,9,11-13,15,17-18,23-24,29-75H2,1-5H3/b10-8-,16-14-,21-19-,22-20-,27-25-,28-26-. The second-order valence-corrected chi connectivity index (χ2v) is 28.0. The number of carbonyl (C=O) groups excluding carboxylic acids is 2. The van der Waals surface area contributed by atoms with Gasteiger partial charge in [-0.1, -0.05) is 337 Å². The summed E-state index contributed by atoms with van der Waals surface area (Å²) in [5.41, 5.74) is 0. The van der Waals surface area contributed by atoms with Crippen molar-refractivity contribution in [2.24, 2.45) is 0 Å². The number of rotatable bonds is 70. The van der Waals surface area contributed by atoms with Crippen LogP contribution in [0.15, 0.2) is 72.9 Å². The van der Waals surface area contributed by atoms with E-state index in [9.17, 15) is 19.0 Å². The first-order chi connectivity index (χ1) is 43.0. The van der Waals surface area contributed by atoms with Crippen LogP contribution < -0.4 is 4.89 Å². The van der Waals surface area contributed by atoms with E-state index in [-0.39, 0.29) is 32.0 Å². The monoisotopic (exact) mass is 1250 g/mol. The molecule has 0 heterocycles. The van der Waals surface area contributed by atoms with Crippen molar-refractivity contribution in [3.05, 3.63) is 72.9 Å². The third-order valence-corrected chi connectivity index (χ3v) is 17.7. The number of hydrogen-bond acceptors (Lipinski definition) is 8. The minimum atomic E-state index is -4.64. The molecule has 0 aromatic heterocycles. The van der Waals surface area contributed by atoms with Crippen molar-refractivity contribution in [3.8, 4) is 0 Å². The first kappa shape index (κ1) is 85.5. The van der Waals surface area contributed by atoms with Crippen LogP contribution in [0.3, 0.4) is 0 Å². The molecule has 0 radical (unpaired) electrons. The van der Waals surface area contributed by atoms with Gasteiger partial charge < -0.3 is 27.9 Å². The molecule has 0 spiro atoms. The predicted molar refractivity (Wildman–Crippen MR) is 379 cm³/mol. The Balaban J connectivity index is 3.96. The van der Waals surface area contributed by atoms with E-state index in [1.54, 1.807) is 0 Å². The number of allylic oxidation sites excluding steroid dienone is 12. The summed E-state index contributed by atoms with van der Waals surface area (Å²) in [4.78, 5) is 38.1. The number of likely N-dealkylation sites (N-methyl/N-ethyl adjacent to an activating group) is 1. The van der Waals surface area contributed by atoms with Gasteiger partial charge in [-0.25, -0.2) is 0 Å². The van der Waals surface area contributed by atoms with Gasteiger partial charge in [0.15, 0.2) is 6.10 Å². The fourth-order valence-electron chi connectivity index (χ4n) is 11.0. The SMILES string of the molecule is CC/C=C\C/C=C\C/C=C\C/C=C\CCCCCCCCCCCCCCCCCCCCCCCCC(=O)OC(COC(=O)CCCCCCCCCCCCCCCCCCC/C=C\C/C=C\CCCCCCC)COP(=O)([O-])OCC[N+](C)(C)C. The Bertz CT molecular complexity index is 1710. The number of phosphoric acid groups is 1. The van der Waals surface area contributed by atoms with Crippen molar-refractivity contribution in [1.29, 1.82) is 0 Å². The largest absolute Gasteiger partial charge is 0.756 e. The quantitative estimate of drug-likeness (QED) is 0.0195. The van der Waals surface area contributed by atoms with E-state index in [0.717, 1.165) is 64.2 Å². The van der Waals surface area contributed by atoms with Crippen LogP contribution in [0, 0.1) is 0 Å². The summed E-state index contributed by atoms with van der Waals surface area (Å²) in [5, 5.41) is 0. The zero-order valence-electron chi connectivity index (χ0n) is 58.7. The first-order valence-electron chi connectivity index (χ1n) is 37.6. The fraction of sp³-hybridized carbons (Fsp3) is 0.821. The molecule has 0 fully saturated rings. The molecule has 10 heteroatoms. The van der Waals surface area contributed by atoms with E-state index >= 15 is 0 Å². The van der Waals surface area contributed by atoms with Crippen LogP contribution in [0.4, 0.5) is 0 Å². The number of hydrogen-bond donors (Lipinski definition) is 0. The molecule has 0 aliphatic heterocycles. The number of unbranched alkanes of at least 4 members (excludes halogenated alkanes) is 44. The topological polar surface area (TPSA) is 111 Å². The average Bonchev–Trinajstić information content (AvgIpc) is 3.57. The Morgan fingerprint density at radius 2 is 0.648 bits per heavy atom. The van der Waals surface area contributed by atoms with Crippen LogP contribution in [-0.4, -0.2) is 70.0 Å². The van der Waals surface area contributed by atoms with Crippen LogP contribution in [0.25, 0.3) is 0 Å². The minimum absolute atomic E-state index is 0.0296. The van der Waals surface area contributed by atoms with E-state index in [0.29, 0.717) is 17.4 Å². The van der Waals surface area contributed by atoms with E-state index < -0.39 is 26.5 Å². The Labute approximate surface area is 546 Å². The molecular weight excluding hydrogens is 1110 g/mol. The molecule has 2 atom stereocenters. The smallest absolute Gasteiger partial charge is 0.306 e. The predicted octanol–water partition coefficient (Wildman–Crippen LogP) is 24.1. The first-order valence-corrected chi connectivity index (χ1v) is 39.1. The molecule has 0 aliphatic carbocycles. The summed E-state index contributed by atoms with van der Waals surface area (Å²) in [6, 6.07) is 0. The lowest BCUT2D eigenvalue weighted by atomic mass is 10.0. The Morgan fingerprint density at radius 1 is 0.364 bits per heavy atom. The van der Waals surface area contributed by atoms with Gasteiger partial charge in [0.1, 0.15) is 19.8 Å². The zero-order chi connectivity index (χ0) is 64.1. The fourth-order valence-corrected chi connectivity index (χ4v) is 11.7. The summed E-state index contributed by atoms with van der Waals surface area (Å²) in [7, 11) is 1.18. The van der Waals surface area contributed by atoms with E-state index in [2.05, 4.69) is 86.8 Å². The number of quaternary nitrogens is 1. The van der Waals surface area contributed by atoms with Gasteiger partial charge in [-0.05, 0) is 83.5 Å². The molecule has 0 saturated carbocycles. The average molecular weight is 1250 g/mol. The molecule has 88 heavy (non-hydrogen) atoms. The molecule has 2 unspecified atom stereocenters. The van der Waals surface area contributed by atoms with Crippen molar-refractivity contribution >= 4 is 19.8 Å². The molecule has 0 N–H and O–H groups in total. The van der Waals surface area contributed by atoms with E-state index in [4.69, 9.17) is 18.5 Å². The molecule has 0 saturated heterocycles. The van der Waals surface area contributed by atoms with Crippen molar-refractivity contribution < 1.29 is 42.1 Å². The highest BCUT2D eigenvalue weighted by atomic mass is 31.2. The molecule has 0 aromatic carbocycles. The van der Waals surface area contributed by atoms with Crippen LogP contribution in [0.5, 0.6) is 0 Å². The van der Waals surface area contributed by atoms with Crippen LogP contribution >= 0.6 is 7.82 Å². The Hall–Kier alpha value is -2.55. The zero-order valence-corrected chi connectivity index (χ0v) is 59.6. The van der Waals surface area contributed by atoms with Gasteiger partial charge in [0, 0.05) is 12.8 Å². The van der Waals surface area contributed by atoms with Gasteiger partial charge in [0.2, 0.25) is 0 Å². The van der Waals surface area contributed by atoms with E-state index in [1.807, 2.05) is 21.1 Å². The maximum atomic E-state index is 12.9. The maximum absolute atomic E-state index is 12.9. The molecule has 514 valence electrons. The Kier molecular flexibility index (Phi) is 66.8.